The minimum atomic E-state index is -0.899. The van der Waals surface area contributed by atoms with Crippen molar-refractivity contribution in [3.05, 3.63) is 94.9 Å². The van der Waals surface area contributed by atoms with Crippen LogP contribution >= 0.6 is 0 Å². The van der Waals surface area contributed by atoms with Gasteiger partial charge in [-0.3, -0.25) is 0 Å². The van der Waals surface area contributed by atoms with E-state index in [9.17, 15) is 5.53 Å². The zero-order valence-electron chi connectivity index (χ0n) is 32.6. The van der Waals surface area contributed by atoms with Gasteiger partial charge in [-0.15, -0.1) is 6.58 Å². The van der Waals surface area contributed by atoms with Gasteiger partial charge in [-0.2, -0.15) is 0 Å². The molecule has 0 radical (unpaired) electrons. The third-order valence-electron chi connectivity index (χ3n) is 11.6. The van der Waals surface area contributed by atoms with Gasteiger partial charge in [0, 0.05) is 16.7 Å². The average Bonchev–Trinajstić information content (AvgIpc) is 3.18. The standard InChI is InChI=1S/C42H61N3O8/c1-9-22-47-40-30(8)38(48-24-32-20-16-13-17-21-32)39(35(51-40)25-46-23-31-18-14-12-15-19-31)53-42-36(44-45-43)29(7)37(34(11-3)50-42)52-41-28(6)26(4)27(5)33(10-2)49-41/h9,12-21,26-30,33-42H,1,10-11,22-25H2,2-8H3/t26-,27-,28?,29+,30?,33?,34?,35?,36?,37-,38-,39+,40+,41-,42-/m0/s1. The maximum absolute atomic E-state index is 9.85. The zero-order valence-corrected chi connectivity index (χ0v) is 32.6. The molecule has 2 aromatic rings. The van der Waals surface area contributed by atoms with Crippen LogP contribution in [0.2, 0.25) is 0 Å². The smallest absolute Gasteiger partial charge is 0.167 e. The molecule has 3 aliphatic rings. The third kappa shape index (κ3) is 10.3. The molecule has 5 rings (SSSR count). The van der Waals surface area contributed by atoms with E-state index in [1.165, 1.54) is 0 Å². The summed E-state index contributed by atoms with van der Waals surface area (Å²) < 4.78 is 52.9. The van der Waals surface area contributed by atoms with Gasteiger partial charge in [-0.1, -0.05) is 120 Å². The largest absolute Gasteiger partial charge is 0.374 e. The fraction of sp³-hybridized carbons (Fsp3) is 0.667. The Labute approximate surface area is 316 Å². The van der Waals surface area contributed by atoms with Crippen LogP contribution in [0, 0.1) is 29.6 Å². The highest BCUT2D eigenvalue weighted by Gasteiger charge is 2.52. The highest BCUT2D eigenvalue weighted by molar-refractivity contribution is 5.14. The van der Waals surface area contributed by atoms with Crippen LogP contribution in [-0.2, 0) is 51.1 Å². The van der Waals surface area contributed by atoms with Crippen LogP contribution in [0.25, 0.3) is 10.4 Å². The molecule has 15 atom stereocenters. The van der Waals surface area contributed by atoms with E-state index in [1.807, 2.05) is 74.5 Å². The minimum Gasteiger partial charge on any atom is -0.374 e. The summed E-state index contributed by atoms with van der Waals surface area (Å²) in [6, 6.07) is 19.3. The second kappa shape index (κ2) is 20.2. The molecule has 3 aliphatic heterocycles. The monoisotopic (exact) mass is 735 g/mol. The Kier molecular flexibility index (Phi) is 15.7. The predicted molar refractivity (Wildman–Crippen MR) is 202 cm³/mol. The molecule has 0 amide bonds. The summed E-state index contributed by atoms with van der Waals surface area (Å²) in [6.07, 6.45) is -0.994. The quantitative estimate of drug-likeness (QED) is 0.0685. The van der Waals surface area contributed by atoms with Crippen molar-refractivity contribution in [3.8, 4) is 0 Å². The van der Waals surface area contributed by atoms with Crippen LogP contribution in [0.5, 0.6) is 0 Å². The Hall–Kier alpha value is -2.83. The first kappa shape index (κ1) is 41.3. The van der Waals surface area contributed by atoms with Crippen molar-refractivity contribution in [3.63, 3.8) is 0 Å². The summed E-state index contributed by atoms with van der Waals surface area (Å²) >= 11 is 0. The number of hydrogen-bond donors (Lipinski definition) is 0. The van der Waals surface area contributed by atoms with Crippen LogP contribution in [-0.4, -0.2) is 74.7 Å². The van der Waals surface area contributed by atoms with E-state index in [-0.39, 0.29) is 42.7 Å². The Morgan fingerprint density at radius 2 is 1.26 bits per heavy atom. The van der Waals surface area contributed by atoms with Crippen LogP contribution in [0.1, 0.15) is 72.4 Å². The highest BCUT2D eigenvalue weighted by Crippen LogP contribution is 2.42. The number of hydrogen-bond acceptors (Lipinski definition) is 9. The number of azide groups is 1. The fourth-order valence-electron chi connectivity index (χ4n) is 7.97. The topological polar surface area (TPSA) is 123 Å². The molecule has 292 valence electrons. The van der Waals surface area contributed by atoms with Gasteiger partial charge >= 0.3 is 0 Å². The predicted octanol–water partition coefficient (Wildman–Crippen LogP) is 8.62. The van der Waals surface area contributed by atoms with Gasteiger partial charge in [0.05, 0.1) is 56.9 Å². The van der Waals surface area contributed by atoms with E-state index in [2.05, 4.69) is 51.2 Å². The lowest BCUT2D eigenvalue weighted by Crippen LogP contribution is -2.62. The van der Waals surface area contributed by atoms with Crippen molar-refractivity contribution in [1.82, 2.24) is 0 Å². The van der Waals surface area contributed by atoms with Crippen LogP contribution in [0.4, 0.5) is 0 Å². The molecule has 0 aliphatic carbocycles. The van der Waals surface area contributed by atoms with Gasteiger partial charge in [0.2, 0.25) is 0 Å². The second-order valence-electron chi connectivity index (χ2n) is 15.0. The van der Waals surface area contributed by atoms with Crippen molar-refractivity contribution in [2.75, 3.05) is 13.2 Å². The molecule has 0 bridgehead atoms. The summed E-state index contributed by atoms with van der Waals surface area (Å²) in [5.74, 6) is 0.535. The first-order valence-corrected chi connectivity index (χ1v) is 19.5. The number of ether oxygens (including phenoxy) is 8. The molecule has 0 spiro atoms. The molecule has 11 heteroatoms. The zero-order chi connectivity index (χ0) is 37.9. The van der Waals surface area contributed by atoms with Gasteiger partial charge in [-0.05, 0) is 47.3 Å². The fourth-order valence-corrected chi connectivity index (χ4v) is 7.97. The first-order chi connectivity index (χ1) is 25.7. The molecular weight excluding hydrogens is 674 g/mol. The molecule has 0 N–H and O–H groups in total. The van der Waals surface area contributed by atoms with Gasteiger partial charge in [0.1, 0.15) is 12.2 Å². The Morgan fingerprint density at radius 1 is 0.660 bits per heavy atom. The van der Waals surface area contributed by atoms with Crippen molar-refractivity contribution in [2.24, 2.45) is 34.7 Å². The lowest BCUT2D eigenvalue weighted by atomic mass is 9.78. The summed E-state index contributed by atoms with van der Waals surface area (Å²) in [6.45, 7) is 20.1. The summed E-state index contributed by atoms with van der Waals surface area (Å²) in [7, 11) is 0. The Morgan fingerprint density at radius 3 is 1.89 bits per heavy atom. The van der Waals surface area contributed by atoms with E-state index in [0.29, 0.717) is 38.1 Å². The number of benzene rings is 2. The van der Waals surface area contributed by atoms with Crippen LogP contribution < -0.4 is 0 Å². The lowest BCUT2D eigenvalue weighted by Gasteiger charge is -2.50. The average molecular weight is 736 g/mol. The van der Waals surface area contributed by atoms with Crippen molar-refractivity contribution in [2.45, 2.75) is 136 Å². The normalized spacial score (nSPS) is 37.5. The molecule has 3 fully saturated rings. The molecular formula is C42H61N3O8. The van der Waals surface area contributed by atoms with Crippen LogP contribution in [0.15, 0.2) is 78.4 Å². The maximum Gasteiger partial charge on any atom is 0.167 e. The Balaban J connectivity index is 1.42. The molecule has 6 unspecified atom stereocenters. The van der Waals surface area contributed by atoms with Crippen LogP contribution in [0.3, 0.4) is 0 Å². The van der Waals surface area contributed by atoms with Gasteiger partial charge < -0.3 is 37.9 Å². The van der Waals surface area contributed by atoms with Crippen molar-refractivity contribution < 1.29 is 37.9 Å². The minimum absolute atomic E-state index is 0.108. The number of rotatable bonds is 17. The maximum atomic E-state index is 9.85. The van der Waals surface area contributed by atoms with E-state index >= 15 is 0 Å². The molecule has 11 nitrogen and oxygen atoms in total. The van der Waals surface area contributed by atoms with Gasteiger partial charge in [-0.25, -0.2) is 0 Å². The molecule has 0 saturated carbocycles. The molecule has 3 saturated heterocycles. The van der Waals surface area contributed by atoms with Gasteiger partial charge in [0.25, 0.3) is 0 Å². The molecule has 0 aromatic heterocycles. The summed E-state index contributed by atoms with van der Waals surface area (Å²) in [4.78, 5) is 3.27. The molecule has 3 heterocycles. The molecule has 53 heavy (non-hydrogen) atoms. The summed E-state index contributed by atoms with van der Waals surface area (Å²) in [5, 5.41) is 4.28. The van der Waals surface area contributed by atoms with E-state index in [1.54, 1.807) is 6.08 Å². The highest BCUT2D eigenvalue weighted by atomic mass is 16.7. The first-order valence-electron chi connectivity index (χ1n) is 19.5. The van der Waals surface area contributed by atoms with E-state index < -0.39 is 43.2 Å². The lowest BCUT2D eigenvalue weighted by molar-refractivity contribution is -0.350. The van der Waals surface area contributed by atoms with E-state index in [4.69, 9.17) is 37.9 Å². The van der Waals surface area contributed by atoms with Crippen molar-refractivity contribution >= 4 is 0 Å². The Bertz CT molecular complexity index is 1430. The van der Waals surface area contributed by atoms with Crippen molar-refractivity contribution in [1.29, 1.82) is 0 Å². The number of nitrogens with zero attached hydrogens (tertiary/aromatic N) is 3. The summed E-state index contributed by atoms with van der Waals surface area (Å²) in [5.41, 5.74) is 11.9. The molecule has 2 aromatic carbocycles. The van der Waals surface area contributed by atoms with E-state index in [0.717, 1.165) is 17.5 Å². The van der Waals surface area contributed by atoms with Gasteiger partial charge in [0.15, 0.2) is 18.9 Å². The SMILES string of the molecule is C=CCO[C@@H]1OC(COCc2ccccc2)[C@@H](O[C@@H]2OC(CC)[C@@H](O[C@@H]3OC(CC)[C@@H](C)[C@H](C)C3C)[C@H](C)C2N=[N+]=[N-])[C@@H](OCc2ccccc2)C1C. The second-order valence-corrected chi connectivity index (χ2v) is 15.0. The third-order valence-corrected chi connectivity index (χ3v) is 11.6.